The molecular weight excluding hydrogens is 460 g/mol. The summed E-state index contributed by atoms with van der Waals surface area (Å²) in [6.45, 7) is 0.0601. The Morgan fingerprint density at radius 3 is 2.29 bits per heavy atom. The van der Waals surface area contributed by atoms with E-state index >= 15 is 0 Å². The number of amides is 2. The number of benzene rings is 2. The largest absolute Gasteiger partial charge is 0.481 e. The molecule has 1 aromatic heterocycles. The van der Waals surface area contributed by atoms with Gasteiger partial charge in [0, 0.05) is 18.5 Å². The number of hydrogen-bond donors (Lipinski definition) is 3. The first kappa shape index (κ1) is 23.2. The molecule has 1 unspecified atom stereocenters. The van der Waals surface area contributed by atoms with Gasteiger partial charge in [0.2, 0.25) is 11.9 Å². The Labute approximate surface area is 200 Å². The first-order chi connectivity index (χ1) is 16.4. The summed E-state index contributed by atoms with van der Waals surface area (Å²) < 4.78 is 5.47. The van der Waals surface area contributed by atoms with Crippen molar-refractivity contribution in [2.45, 2.75) is 24.8 Å². The van der Waals surface area contributed by atoms with Crippen molar-refractivity contribution in [1.29, 1.82) is 0 Å². The zero-order valence-corrected chi connectivity index (χ0v) is 18.7. The Kier molecular flexibility index (Phi) is 7.03. The molecule has 174 valence electrons. The average molecular weight is 481 g/mol. The molecule has 0 spiro atoms. The van der Waals surface area contributed by atoms with E-state index in [4.69, 9.17) is 21.4 Å². The first-order valence-electron chi connectivity index (χ1n) is 10.5. The fraction of sp³-hybridized carbons (Fsp3) is 0.208. The second-order valence-electron chi connectivity index (χ2n) is 7.65. The zero-order chi connectivity index (χ0) is 24.1. The number of carboxylic acids is 1. The molecule has 4 rings (SSSR count). The highest BCUT2D eigenvalue weighted by atomic mass is 35.5. The summed E-state index contributed by atoms with van der Waals surface area (Å²) in [5, 5.41) is 14.0. The summed E-state index contributed by atoms with van der Waals surface area (Å²) in [6, 6.07) is 16.1. The van der Waals surface area contributed by atoms with Crippen LogP contribution in [0.4, 0.5) is 10.7 Å². The molecule has 0 saturated carbocycles. The topological polar surface area (TPSA) is 131 Å². The lowest BCUT2D eigenvalue weighted by Crippen LogP contribution is -2.44. The normalized spacial score (nSPS) is 12.9. The van der Waals surface area contributed by atoms with Gasteiger partial charge < -0.3 is 15.2 Å². The van der Waals surface area contributed by atoms with Gasteiger partial charge in [0.05, 0.1) is 0 Å². The Balaban J connectivity index is 1.43. The smallest absolute Gasteiger partial charge is 0.407 e. The number of carbonyl (C=O) groups is 3. The number of alkyl carbamates (subject to hydrolysis) is 1. The van der Waals surface area contributed by atoms with Crippen molar-refractivity contribution in [2.24, 2.45) is 0 Å². The molecule has 0 fully saturated rings. The van der Waals surface area contributed by atoms with Gasteiger partial charge >= 0.3 is 12.1 Å². The van der Waals surface area contributed by atoms with Crippen molar-refractivity contribution >= 4 is 35.5 Å². The van der Waals surface area contributed by atoms with Crippen LogP contribution in [0.15, 0.2) is 60.8 Å². The van der Waals surface area contributed by atoms with Crippen LogP contribution in [-0.4, -0.2) is 45.7 Å². The maximum Gasteiger partial charge on any atom is 0.407 e. The number of anilines is 1. The predicted octanol–water partition coefficient (Wildman–Crippen LogP) is 3.84. The summed E-state index contributed by atoms with van der Waals surface area (Å²) in [5.41, 5.74) is 4.28. The van der Waals surface area contributed by atoms with Gasteiger partial charge in [-0.05, 0) is 34.7 Å². The second kappa shape index (κ2) is 10.3. The van der Waals surface area contributed by atoms with Gasteiger partial charge in [-0.2, -0.15) is 0 Å². The minimum Gasteiger partial charge on any atom is -0.481 e. The van der Waals surface area contributed by atoms with E-state index in [1.165, 1.54) is 12.3 Å². The molecule has 0 radical (unpaired) electrons. The quantitative estimate of drug-likeness (QED) is 0.417. The number of nitrogens with one attached hydrogen (secondary N) is 2. The summed E-state index contributed by atoms with van der Waals surface area (Å²) >= 11 is 5.80. The first-order valence-corrected chi connectivity index (χ1v) is 10.9. The minimum atomic E-state index is -1.17. The van der Waals surface area contributed by atoms with Gasteiger partial charge in [-0.1, -0.05) is 60.1 Å². The SMILES string of the molecule is O=C(O)CCC(NC(=O)OCC1c2ccccc2-c2ccccc21)C(=O)Nc1nccc(Cl)n1. The summed E-state index contributed by atoms with van der Waals surface area (Å²) in [5.74, 6) is -2.00. The zero-order valence-electron chi connectivity index (χ0n) is 17.9. The van der Waals surface area contributed by atoms with Crippen LogP contribution in [0.5, 0.6) is 0 Å². The average Bonchev–Trinajstić information content (AvgIpc) is 3.14. The van der Waals surface area contributed by atoms with Crippen molar-refractivity contribution in [3.63, 3.8) is 0 Å². The molecular formula is C24H21ClN4O5. The van der Waals surface area contributed by atoms with Gasteiger partial charge in [-0.25, -0.2) is 14.8 Å². The van der Waals surface area contributed by atoms with Crippen molar-refractivity contribution in [2.75, 3.05) is 11.9 Å². The lowest BCUT2D eigenvalue weighted by Gasteiger charge is -2.19. The van der Waals surface area contributed by atoms with Gasteiger partial charge in [-0.15, -0.1) is 0 Å². The van der Waals surface area contributed by atoms with E-state index in [2.05, 4.69) is 20.6 Å². The van der Waals surface area contributed by atoms with Crippen LogP contribution in [0.3, 0.4) is 0 Å². The highest BCUT2D eigenvalue weighted by molar-refractivity contribution is 6.29. The van der Waals surface area contributed by atoms with Gasteiger partial charge in [-0.3, -0.25) is 14.9 Å². The maximum absolute atomic E-state index is 12.7. The molecule has 10 heteroatoms. The highest BCUT2D eigenvalue weighted by Crippen LogP contribution is 2.44. The molecule has 1 heterocycles. The molecule has 0 saturated heterocycles. The molecule has 2 aromatic carbocycles. The minimum absolute atomic E-state index is 0.0601. The van der Waals surface area contributed by atoms with Gasteiger partial charge in [0.15, 0.2) is 0 Å². The third-order valence-corrected chi connectivity index (χ3v) is 5.67. The molecule has 1 atom stereocenters. The van der Waals surface area contributed by atoms with Gasteiger partial charge in [0.1, 0.15) is 17.8 Å². The van der Waals surface area contributed by atoms with E-state index in [0.717, 1.165) is 22.3 Å². The third-order valence-electron chi connectivity index (χ3n) is 5.46. The molecule has 1 aliphatic carbocycles. The molecule has 3 N–H and O–H groups in total. The van der Waals surface area contributed by atoms with Crippen molar-refractivity contribution in [3.05, 3.63) is 77.1 Å². The predicted molar refractivity (Wildman–Crippen MR) is 125 cm³/mol. The molecule has 9 nitrogen and oxygen atoms in total. The molecule has 0 aliphatic heterocycles. The van der Waals surface area contributed by atoms with Crippen molar-refractivity contribution in [3.8, 4) is 11.1 Å². The Morgan fingerprint density at radius 2 is 1.68 bits per heavy atom. The Bertz CT molecular complexity index is 1190. The molecule has 0 bridgehead atoms. The molecule has 3 aromatic rings. The van der Waals surface area contributed by atoms with Crippen LogP contribution in [0, 0.1) is 0 Å². The van der Waals surface area contributed by atoms with Crippen LogP contribution >= 0.6 is 11.6 Å². The van der Waals surface area contributed by atoms with Crippen LogP contribution < -0.4 is 10.6 Å². The van der Waals surface area contributed by atoms with Crippen LogP contribution in [0.2, 0.25) is 5.15 Å². The van der Waals surface area contributed by atoms with E-state index in [9.17, 15) is 14.4 Å². The number of hydrogen-bond acceptors (Lipinski definition) is 6. The molecule has 1 aliphatic rings. The number of halogens is 1. The summed E-state index contributed by atoms with van der Waals surface area (Å²) in [7, 11) is 0. The second-order valence-corrected chi connectivity index (χ2v) is 8.03. The number of ether oxygens (including phenoxy) is 1. The number of carboxylic acid groups (broad SMARTS) is 1. The number of aliphatic carboxylic acids is 1. The number of nitrogens with zero attached hydrogens (tertiary/aromatic N) is 2. The summed E-state index contributed by atoms with van der Waals surface area (Å²) in [6.07, 6.45) is 0.0414. The number of rotatable bonds is 8. The highest BCUT2D eigenvalue weighted by Gasteiger charge is 2.30. The molecule has 34 heavy (non-hydrogen) atoms. The third kappa shape index (κ3) is 5.32. The standard InChI is InChI=1S/C24H21ClN4O5/c25-20-11-12-26-23(28-20)29-22(32)19(9-10-21(30)31)27-24(33)34-13-18-16-7-3-1-5-14(16)15-6-2-4-8-17(15)18/h1-8,11-12,18-19H,9-10,13H2,(H,27,33)(H,30,31)(H,26,28,29,32). The van der Waals surface area contributed by atoms with Crippen molar-refractivity contribution < 1.29 is 24.2 Å². The maximum atomic E-state index is 12.7. The fourth-order valence-corrected chi connectivity index (χ4v) is 4.05. The lowest BCUT2D eigenvalue weighted by molar-refractivity contribution is -0.137. The molecule has 2 amide bonds. The van der Waals surface area contributed by atoms with E-state index in [-0.39, 0.29) is 36.5 Å². The van der Waals surface area contributed by atoms with Gasteiger partial charge in [0.25, 0.3) is 0 Å². The lowest BCUT2D eigenvalue weighted by atomic mass is 9.98. The van der Waals surface area contributed by atoms with E-state index in [1.54, 1.807) is 0 Å². The number of carbonyl (C=O) groups excluding carboxylic acids is 2. The van der Waals surface area contributed by atoms with Crippen LogP contribution in [0.25, 0.3) is 11.1 Å². The van der Waals surface area contributed by atoms with Crippen LogP contribution in [0.1, 0.15) is 29.9 Å². The number of fused-ring (bicyclic) bond motifs is 3. The van der Waals surface area contributed by atoms with E-state index in [0.29, 0.717) is 0 Å². The Morgan fingerprint density at radius 1 is 1.03 bits per heavy atom. The van der Waals surface area contributed by atoms with E-state index < -0.39 is 24.0 Å². The Hall–Kier alpha value is -3.98. The van der Waals surface area contributed by atoms with E-state index in [1.807, 2.05) is 48.5 Å². The fourth-order valence-electron chi connectivity index (χ4n) is 3.91. The monoisotopic (exact) mass is 480 g/mol. The number of aromatic nitrogens is 2. The van der Waals surface area contributed by atoms with Crippen LogP contribution in [-0.2, 0) is 14.3 Å². The van der Waals surface area contributed by atoms with Crippen molar-refractivity contribution in [1.82, 2.24) is 15.3 Å². The summed E-state index contributed by atoms with van der Waals surface area (Å²) in [4.78, 5) is 44.0.